The number of pyridine rings is 1. The monoisotopic (exact) mass is 408 g/mol. The van der Waals surface area contributed by atoms with Gasteiger partial charge in [0, 0.05) is 12.1 Å². The van der Waals surface area contributed by atoms with Gasteiger partial charge in [0.2, 0.25) is 0 Å². The van der Waals surface area contributed by atoms with Crippen LogP contribution in [0, 0.1) is 12.7 Å². The second kappa shape index (κ2) is 7.91. The van der Waals surface area contributed by atoms with Gasteiger partial charge < -0.3 is 21.2 Å². The zero-order valence-electron chi connectivity index (χ0n) is 16.3. The number of halogens is 1. The number of amidine groups is 1. The molecule has 0 spiro atoms. The van der Waals surface area contributed by atoms with Crippen LogP contribution in [0.15, 0.2) is 48.0 Å². The predicted molar refractivity (Wildman–Crippen MR) is 110 cm³/mol. The lowest BCUT2D eigenvalue weighted by Gasteiger charge is -2.12. The molecule has 2 heterocycles. The van der Waals surface area contributed by atoms with Crippen LogP contribution in [0.3, 0.4) is 0 Å². The zero-order valence-corrected chi connectivity index (χ0v) is 16.3. The number of nitrogens with zero attached hydrogens (tertiary/aromatic N) is 4. The maximum absolute atomic E-state index is 14.6. The summed E-state index contributed by atoms with van der Waals surface area (Å²) in [6.07, 6.45) is 5.89. The SMILES string of the molecule is Cc1cc(F)c(C(=O)Nc2cccc(/C(=N/N)NN)n2)cc1-n1cnc(C2CC2)c1. The van der Waals surface area contributed by atoms with Crippen LogP contribution < -0.4 is 22.4 Å². The molecule has 1 saturated carbocycles. The molecule has 0 atom stereocenters. The fourth-order valence-corrected chi connectivity index (χ4v) is 3.17. The quantitative estimate of drug-likeness (QED) is 0.220. The fourth-order valence-electron chi connectivity index (χ4n) is 3.17. The van der Waals surface area contributed by atoms with Crippen LogP contribution >= 0.6 is 0 Å². The van der Waals surface area contributed by atoms with Crippen LogP contribution in [0.2, 0.25) is 0 Å². The van der Waals surface area contributed by atoms with Gasteiger partial charge in [0.05, 0.1) is 23.3 Å². The summed E-state index contributed by atoms with van der Waals surface area (Å²) in [6.45, 7) is 1.79. The summed E-state index contributed by atoms with van der Waals surface area (Å²) < 4.78 is 16.4. The minimum Gasteiger partial charge on any atom is -0.321 e. The summed E-state index contributed by atoms with van der Waals surface area (Å²) >= 11 is 0. The van der Waals surface area contributed by atoms with Gasteiger partial charge in [0.25, 0.3) is 5.91 Å². The number of benzene rings is 1. The Balaban J connectivity index is 1.62. The number of hydrazine groups is 1. The molecule has 2 aromatic heterocycles. The molecule has 1 aliphatic carbocycles. The number of aromatic nitrogens is 3. The molecule has 4 rings (SSSR count). The Morgan fingerprint density at radius 3 is 2.83 bits per heavy atom. The van der Waals surface area contributed by atoms with E-state index in [1.54, 1.807) is 31.5 Å². The first-order valence-electron chi connectivity index (χ1n) is 9.38. The van der Waals surface area contributed by atoms with Crippen LogP contribution in [0.1, 0.15) is 46.1 Å². The molecule has 0 bridgehead atoms. The van der Waals surface area contributed by atoms with Crippen molar-refractivity contribution < 1.29 is 9.18 Å². The number of hydrogen-bond acceptors (Lipinski definition) is 6. The zero-order chi connectivity index (χ0) is 21.3. The first-order valence-corrected chi connectivity index (χ1v) is 9.38. The highest BCUT2D eigenvalue weighted by Gasteiger charge is 2.26. The number of anilines is 1. The standard InChI is InChI=1S/C20H21FN8O/c1-11-7-14(21)13(8-17(11)29-9-16(24-10-29)12-5-6-12)20(30)26-18-4-2-3-15(25-18)19(27-22)28-23/h2-4,7-10,12H,5-6,22-23H2,1H3,(H,27,28)(H,25,26,30). The van der Waals surface area contributed by atoms with E-state index >= 15 is 0 Å². The van der Waals surface area contributed by atoms with E-state index in [1.807, 2.05) is 10.8 Å². The van der Waals surface area contributed by atoms with Gasteiger partial charge in [0.1, 0.15) is 17.3 Å². The van der Waals surface area contributed by atoms with Crippen molar-refractivity contribution in [3.05, 3.63) is 71.2 Å². The number of carbonyl (C=O) groups is 1. The summed E-state index contributed by atoms with van der Waals surface area (Å²) in [5.41, 5.74) is 4.94. The average molecular weight is 408 g/mol. The van der Waals surface area contributed by atoms with Crippen molar-refractivity contribution in [1.29, 1.82) is 0 Å². The maximum Gasteiger partial charge on any atom is 0.259 e. The van der Waals surface area contributed by atoms with Crippen molar-refractivity contribution in [1.82, 2.24) is 20.0 Å². The second-order valence-electron chi connectivity index (χ2n) is 7.08. The molecule has 1 amide bonds. The number of aryl methyl sites for hydroxylation is 1. The molecule has 6 N–H and O–H groups in total. The number of amides is 1. The van der Waals surface area contributed by atoms with Crippen molar-refractivity contribution in [2.24, 2.45) is 16.8 Å². The van der Waals surface area contributed by atoms with Crippen LogP contribution in [0.5, 0.6) is 0 Å². The van der Waals surface area contributed by atoms with E-state index in [4.69, 9.17) is 11.7 Å². The van der Waals surface area contributed by atoms with Crippen LogP contribution in [0.25, 0.3) is 5.69 Å². The predicted octanol–water partition coefficient (Wildman–Crippen LogP) is 1.93. The number of nitrogens with one attached hydrogen (secondary N) is 2. The molecule has 1 aliphatic rings. The summed E-state index contributed by atoms with van der Waals surface area (Å²) in [6, 6.07) is 7.67. The highest BCUT2D eigenvalue weighted by molar-refractivity contribution is 6.05. The molecular weight excluding hydrogens is 387 g/mol. The largest absolute Gasteiger partial charge is 0.321 e. The molecule has 30 heavy (non-hydrogen) atoms. The van der Waals surface area contributed by atoms with Crippen LogP contribution in [0.4, 0.5) is 10.2 Å². The van der Waals surface area contributed by atoms with Gasteiger partial charge in [-0.25, -0.2) is 20.2 Å². The molecular formula is C20H21FN8O. The normalized spacial score (nSPS) is 13.9. The summed E-state index contributed by atoms with van der Waals surface area (Å²) in [5, 5.41) is 6.07. The lowest BCUT2D eigenvalue weighted by atomic mass is 10.1. The Morgan fingerprint density at radius 1 is 1.33 bits per heavy atom. The minimum atomic E-state index is -0.632. The van der Waals surface area contributed by atoms with Crippen molar-refractivity contribution in [3.63, 3.8) is 0 Å². The average Bonchev–Trinajstić information content (AvgIpc) is 3.47. The molecule has 3 aromatic rings. The van der Waals surface area contributed by atoms with E-state index in [-0.39, 0.29) is 17.2 Å². The number of hydrogen-bond donors (Lipinski definition) is 4. The molecule has 1 fully saturated rings. The number of carbonyl (C=O) groups excluding carboxylic acids is 1. The minimum absolute atomic E-state index is 0.103. The van der Waals surface area contributed by atoms with E-state index in [2.05, 4.69) is 25.8 Å². The maximum atomic E-state index is 14.6. The lowest BCUT2D eigenvalue weighted by molar-refractivity contribution is 0.102. The summed E-state index contributed by atoms with van der Waals surface area (Å²) in [4.78, 5) is 21.4. The van der Waals surface area contributed by atoms with E-state index in [1.165, 1.54) is 12.1 Å². The number of nitrogens with two attached hydrogens (primary N) is 2. The molecule has 0 unspecified atom stereocenters. The third kappa shape index (κ3) is 3.85. The van der Waals surface area contributed by atoms with Gasteiger partial charge in [-0.15, -0.1) is 0 Å². The summed E-state index contributed by atoms with van der Waals surface area (Å²) in [7, 11) is 0. The Labute approximate surface area is 172 Å². The molecule has 0 aliphatic heterocycles. The number of hydrazone groups is 1. The van der Waals surface area contributed by atoms with Crippen molar-refractivity contribution >= 4 is 17.6 Å². The van der Waals surface area contributed by atoms with E-state index in [9.17, 15) is 9.18 Å². The Morgan fingerprint density at radius 2 is 2.13 bits per heavy atom. The van der Waals surface area contributed by atoms with Gasteiger partial charge in [-0.1, -0.05) is 6.07 Å². The molecule has 0 radical (unpaired) electrons. The van der Waals surface area contributed by atoms with Gasteiger partial charge in [-0.05, 0) is 49.6 Å². The van der Waals surface area contributed by atoms with Crippen molar-refractivity contribution in [2.45, 2.75) is 25.7 Å². The van der Waals surface area contributed by atoms with E-state index in [0.29, 0.717) is 22.9 Å². The molecule has 9 nitrogen and oxygen atoms in total. The third-order valence-electron chi connectivity index (χ3n) is 4.91. The first-order chi connectivity index (χ1) is 14.5. The van der Waals surface area contributed by atoms with E-state index in [0.717, 1.165) is 18.5 Å². The lowest BCUT2D eigenvalue weighted by Crippen LogP contribution is -2.33. The first kappa shape index (κ1) is 19.5. The Kier molecular flexibility index (Phi) is 5.15. The third-order valence-corrected chi connectivity index (χ3v) is 4.91. The van der Waals surface area contributed by atoms with Gasteiger partial charge in [0.15, 0.2) is 5.84 Å². The van der Waals surface area contributed by atoms with Crippen molar-refractivity contribution in [3.8, 4) is 5.69 Å². The number of imidazole rings is 1. The Bertz CT molecular complexity index is 1140. The molecule has 1 aromatic carbocycles. The molecule has 0 saturated heterocycles. The van der Waals surface area contributed by atoms with Gasteiger partial charge >= 0.3 is 0 Å². The van der Waals surface area contributed by atoms with Gasteiger partial charge in [-0.2, -0.15) is 5.10 Å². The summed E-state index contributed by atoms with van der Waals surface area (Å²) in [5.74, 6) is 10.2. The van der Waals surface area contributed by atoms with Gasteiger partial charge in [-0.3, -0.25) is 4.79 Å². The fraction of sp³-hybridized carbons (Fsp3) is 0.200. The smallest absolute Gasteiger partial charge is 0.259 e. The second-order valence-corrected chi connectivity index (χ2v) is 7.08. The highest BCUT2D eigenvalue weighted by Crippen LogP contribution is 2.39. The topological polar surface area (TPSA) is 136 Å². The molecule has 10 heteroatoms. The van der Waals surface area contributed by atoms with Crippen LogP contribution in [-0.4, -0.2) is 26.3 Å². The van der Waals surface area contributed by atoms with E-state index < -0.39 is 11.7 Å². The molecule has 154 valence electrons. The number of rotatable bonds is 5. The highest BCUT2D eigenvalue weighted by atomic mass is 19.1. The van der Waals surface area contributed by atoms with Crippen LogP contribution in [-0.2, 0) is 0 Å². The van der Waals surface area contributed by atoms with Crippen molar-refractivity contribution in [2.75, 3.05) is 5.32 Å². The Hall–Kier alpha value is -3.79.